The van der Waals surface area contributed by atoms with Gasteiger partial charge in [-0.2, -0.15) is 0 Å². The smallest absolute Gasteiger partial charge is 0.338 e. The number of benzene rings is 2. The predicted molar refractivity (Wildman–Crippen MR) is 126 cm³/mol. The van der Waals surface area contributed by atoms with Gasteiger partial charge in [-0.05, 0) is 49.4 Å². The van der Waals surface area contributed by atoms with Gasteiger partial charge >= 0.3 is 11.9 Å². The Morgan fingerprint density at radius 3 is 2.34 bits per heavy atom. The van der Waals surface area contributed by atoms with Crippen LogP contribution in [0.25, 0.3) is 0 Å². The highest BCUT2D eigenvalue weighted by atomic mass is 35.5. The zero-order valence-corrected chi connectivity index (χ0v) is 20.0. The number of hydrogen-bond donors (Lipinski definition) is 2. The van der Waals surface area contributed by atoms with E-state index >= 15 is 0 Å². The Morgan fingerprint density at radius 1 is 1.00 bits per heavy atom. The van der Waals surface area contributed by atoms with Gasteiger partial charge in [-0.1, -0.05) is 23.2 Å². The lowest BCUT2D eigenvalue weighted by Crippen LogP contribution is -2.43. The maximum absolute atomic E-state index is 12.4. The maximum atomic E-state index is 12.4. The quantitative estimate of drug-likeness (QED) is 0.510. The molecule has 3 rings (SSSR count). The van der Waals surface area contributed by atoms with E-state index in [2.05, 4.69) is 10.7 Å². The van der Waals surface area contributed by atoms with Crippen LogP contribution < -0.4 is 10.7 Å². The summed E-state index contributed by atoms with van der Waals surface area (Å²) >= 11 is 11.7. The molecule has 0 radical (unpaired) electrons. The van der Waals surface area contributed by atoms with Crippen molar-refractivity contribution >= 4 is 58.5 Å². The molecule has 0 unspecified atom stereocenters. The van der Waals surface area contributed by atoms with Crippen LogP contribution in [0, 0.1) is 5.92 Å². The molecule has 35 heavy (non-hydrogen) atoms. The monoisotopic (exact) mass is 521 g/mol. The molecule has 1 fully saturated rings. The van der Waals surface area contributed by atoms with Crippen LogP contribution in [0.1, 0.15) is 34.1 Å². The van der Waals surface area contributed by atoms with Gasteiger partial charge in [0, 0.05) is 17.7 Å². The first-order valence-corrected chi connectivity index (χ1v) is 11.2. The Balaban J connectivity index is 1.46. The molecular weight excluding hydrogens is 501 g/mol. The first kappa shape index (κ1) is 26.0. The average Bonchev–Trinajstić information content (AvgIpc) is 3.20. The third-order valence-electron chi connectivity index (χ3n) is 4.90. The summed E-state index contributed by atoms with van der Waals surface area (Å²) in [7, 11) is 0. The number of ether oxygens (including phenoxy) is 2. The van der Waals surface area contributed by atoms with Crippen molar-refractivity contribution in [1.29, 1.82) is 0 Å². The maximum Gasteiger partial charge on any atom is 0.338 e. The molecular formula is C23H21Cl2N3O7. The fraction of sp³-hybridized carbons (Fsp3) is 0.261. The summed E-state index contributed by atoms with van der Waals surface area (Å²) in [6.45, 7) is 1.26. The van der Waals surface area contributed by atoms with Crippen molar-refractivity contribution in [3.05, 3.63) is 63.6 Å². The van der Waals surface area contributed by atoms with Crippen LogP contribution in [0.5, 0.6) is 0 Å². The second kappa shape index (κ2) is 11.7. The Hall–Kier alpha value is -3.63. The Labute approximate surface area is 210 Å². The molecule has 0 aliphatic carbocycles. The largest absolute Gasteiger partial charge is 0.462 e. The molecule has 1 saturated heterocycles. The topological polar surface area (TPSA) is 131 Å². The van der Waals surface area contributed by atoms with Crippen molar-refractivity contribution < 1.29 is 33.4 Å². The van der Waals surface area contributed by atoms with Gasteiger partial charge in [0.2, 0.25) is 5.91 Å². The van der Waals surface area contributed by atoms with E-state index < -0.39 is 42.2 Å². The van der Waals surface area contributed by atoms with Gasteiger partial charge in [0.15, 0.2) is 6.61 Å². The lowest BCUT2D eigenvalue weighted by Gasteiger charge is -2.17. The Kier molecular flexibility index (Phi) is 8.67. The molecule has 2 aromatic rings. The zero-order valence-electron chi connectivity index (χ0n) is 18.5. The summed E-state index contributed by atoms with van der Waals surface area (Å²) in [5, 5.41) is 4.01. The summed E-state index contributed by atoms with van der Waals surface area (Å²) in [5.41, 5.74) is 3.33. The van der Waals surface area contributed by atoms with Crippen LogP contribution in [-0.2, 0) is 23.9 Å². The van der Waals surface area contributed by atoms with E-state index in [4.69, 9.17) is 32.7 Å². The van der Waals surface area contributed by atoms with Crippen LogP contribution in [0.4, 0.5) is 5.69 Å². The van der Waals surface area contributed by atoms with Gasteiger partial charge in [0.25, 0.3) is 11.8 Å². The summed E-state index contributed by atoms with van der Waals surface area (Å²) in [5.74, 6) is -3.76. The number of hydrazine groups is 1. The first-order chi connectivity index (χ1) is 16.7. The van der Waals surface area contributed by atoms with E-state index in [1.165, 1.54) is 42.5 Å². The SMILES string of the molecule is CCOC(=O)c1ccc(NC(=O)COC(=O)[C@H]2CC(=O)N(NC(=O)c3ccc(Cl)c(Cl)c3)C2)cc1. The number of rotatable bonds is 8. The number of halogens is 2. The molecule has 1 heterocycles. The van der Waals surface area contributed by atoms with Crippen LogP contribution in [-0.4, -0.2) is 54.4 Å². The highest BCUT2D eigenvalue weighted by molar-refractivity contribution is 6.42. The fourth-order valence-corrected chi connectivity index (χ4v) is 3.45. The van der Waals surface area contributed by atoms with Crippen LogP contribution in [0.15, 0.2) is 42.5 Å². The second-order valence-electron chi connectivity index (χ2n) is 7.43. The molecule has 1 aliphatic heterocycles. The van der Waals surface area contributed by atoms with Gasteiger partial charge < -0.3 is 14.8 Å². The molecule has 2 aromatic carbocycles. The number of carbonyl (C=O) groups is 5. The van der Waals surface area contributed by atoms with E-state index in [0.717, 1.165) is 5.01 Å². The Morgan fingerprint density at radius 2 is 1.69 bits per heavy atom. The number of anilines is 1. The van der Waals surface area contributed by atoms with Crippen LogP contribution in [0.2, 0.25) is 10.0 Å². The highest BCUT2D eigenvalue weighted by Crippen LogP contribution is 2.23. The van der Waals surface area contributed by atoms with Crippen LogP contribution >= 0.6 is 23.2 Å². The van der Waals surface area contributed by atoms with Gasteiger partial charge in [-0.3, -0.25) is 29.6 Å². The van der Waals surface area contributed by atoms with E-state index in [1.807, 2.05) is 0 Å². The van der Waals surface area contributed by atoms with Crippen molar-refractivity contribution in [3.8, 4) is 0 Å². The molecule has 1 aliphatic rings. The first-order valence-electron chi connectivity index (χ1n) is 10.5. The summed E-state index contributed by atoms with van der Waals surface area (Å²) in [6, 6.07) is 10.2. The summed E-state index contributed by atoms with van der Waals surface area (Å²) in [6.07, 6.45) is -0.183. The zero-order chi connectivity index (χ0) is 25.5. The Bertz CT molecular complexity index is 1150. The molecule has 184 valence electrons. The van der Waals surface area contributed by atoms with E-state index in [1.54, 1.807) is 6.92 Å². The second-order valence-corrected chi connectivity index (χ2v) is 8.24. The number of nitrogens with zero attached hydrogens (tertiary/aromatic N) is 1. The van der Waals surface area contributed by atoms with Crippen molar-refractivity contribution in [3.63, 3.8) is 0 Å². The van der Waals surface area contributed by atoms with Gasteiger partial charge in [0.1, 0.15) is 0 Å². The van der Waals surface area contributed by atoms with E-state index in [-0.39, 0.29) is 35.2 Å². The number of esters is 2. The minimum atomic E-state index is -0.853. The molecule has 2 N–H and O–H groups in total. The number of carbonyl (C=O) groups excluding carboxylic acids is 5. The molecule has 0 saturated carbocycles. The molecule has 3 amide bonds. The predicted octanol–water partition coefficient (Wildman–Crippen LogP) is 2.85. The molecule has 0 aromatic heterocycles. The third kappa shape index (κ3) is 6.93. The summed E-state index contributed by atoms with van der Waals surface area (Å²) in [4.78, 5) is 60.7. The minimum absolute atomic E-state index is 0.109. The standard InChI is InChI=1S/C23H21Cl2N3O7/c1-2-34-22(32)13-3-6-16(7-4-13)26-19(29)12-35-23(33)15-10-20(30)28(11-15)27-21(31)14-5-8-17(24)18(25)9-14/h3-9,15H,2,10-12H2,1H3,(H,26,29)(H,27,31)/t15-/m0/s1. The van der Waals surface area contributed by atoms with Crippen molar-refractivity contribution in [2.45, 2.75) is 13.3 Å². The van der Waals surface area contributed by atoms with E-state index in [0.29, 0.717) is 11.3 Å². The highest BCUT2D eigenvalue weighted by Gasteiger charge is 2.36. The number of nitrogens with one attached hydrogen (secondary N) is 2. The molecule has 0 spiro atoms. The lowest BCUT2D eigenvalue weighted by atomic mass is 10.1. The van der Waals surface area contributed by atoms with Crippen molar-refractivity contribution in [2.24, 2.45) is 5.92 Å². The summed E-state index contributed by atoms with van der Waals surface area (Å²) < 4.78 is 9.91. The van der Waals surface area contributed by atoms with Gasteiger partial charge in [0.05, 0.1) is 34.7 Å². The van der Waals surface area contributed by atoms with Crippen molar-refractivity contribution in [1.82, 2.24) is 10.4 Å². The minimum Gasteiger partial charge on any atom is -0.462 e. The fourth-order valence-electron chi connectivity index (χ4n) is 3.15. The molecule has 0 bridgehead atoms. The normalized spacial score (nSPS) is 14.9. The number of amides is 3. The lowest BCUT2D eigenvalue weighted by molar-refractivity contribution is -0.151. The van der Waals surface area contributed by atoms with E-state index in [9.17, 15) is 24.0 Å². The van der Waals surface area contributed by atoms with Gasteiger partial charge in [-0.15, -0.1) is 0 Å². The average molecular weight is 522 g/mol. The van der Waals surface area contributed by atoms with Gasteiger partial charge in [-0.25, -0.2) is 4.79 Å². The molecule has 1 atom stereocenters. The van der Waals surface area contributed by atoms with Crippen LogP contribution in [0.3, 0.4) is 0 Å². The molecule has 12 heteroatoms. The van der Waals surface area contributed by atoms with Crippen molar-refractivity contribution in [2.75, 3.05) is 25.1 Å². The third-order valence-corrected chi connectivity index (χ3v) is 5.64. The molecule has 10 nitrogen and oxygen atoms in total. The number of hydrogen-bond acceptors (Lipinski definition) is 7.